The fourth-order valence-corrected chi connectivity index (χ4v) is 9.30. The second-order valence-electron chi connectivity index (χ2n) is 18.5. The highest BCUT2D eigenvalue weighted by molar-refractivity contribution is 7.78. The van der Waals surface area contributed by atoms with E-state index in [9.17, 15) is 0 Å². The third-order valence-corrected chi connectivity index (χ3v) is 13.2. The number of fused-ring (bicyclic) bond motifs is 6. The Hall–Kier alpha value is -6.63. The molecule has 3 atom stereocenters. The van der Waals surface area contributed by atoms with Gasteiger partial charge >= 0.3 is 7.69 Å². The number of rotatable bonds is 39. The monoisotopic (exact) mass is 1130 g/mol. The van der Waals surface area contributed by atoms with Crippen molar-refractivity contribution in [1.29, 1.82) is 0 Å². The Bertz CT molecular complexity index is 2880. The van der Waals surface area contributed by atoms with Crippen LogP contribution in [0, 0.1) is 0 Å². The van der Waals surface area contributed by atoms with Gasteiger partial charge in [-0.3, -0.25) is 0 Å². The summed E-state index contributed by atoms with van der Waals surface area (Å²) in [5.74, 6) is 1.25. The van der Waals surface area contributed by atoms with E-state index in [0.717, 1.165) is 39.1 Å². The molecule has 6 aromatic rings. The number of aromatic nitrogens is 1. The van der Waals surface area contributed by atoms with Gasteiger partial charge in [0.25, 0.3) is 0 Å². The second kappa shape index (κ2) is 34.6. The quantitative estimate of drug-likeness (QED) is 0.0128. The van der Waals surface area contributed by atoms with Gasteiger partial charge in [-0.2, -0.15) is 10.1 Å². The lowest BCUT2D eigenvalue weighted by molar-refractivity contribution is -0.0869. The third-order valence-electron chi connectivity index (χ3n) is 13.1. The number of para-hydroxylation sites is 2. The molecule has 20 nitrogen and oxygen atoms in total. The number of hydrogen-bond donors (Lipinski definition) is 1. The Kier molecular flexibility index (Phi) is 25.8. The van der Waals surface area contributed by atoms with E-state index in [-0.39, 0.29) is 25.9 Å². The van der Waals surface area contributed by atoms with E-state index >= 15 is 0 Å². The van der Waals surface area contributed by atoms with E-state index in [2.05, 4.69) is 85.4 Å². The molecule has 8 rings (SSSR count). The van der Waals surface area contributed by atoms with Crippen molar-refractivity contribution < 1.29 is 61.9 Å². The molecule has 0 amide bonds. The molecule has 430 valence electrons. The summed E-state index contributed by atoms with van der Waals surface area (Å²) in [4.78, 5) is 11.9. The van der Waals surface area contributed by atoms with Crippen molar-refractivity contribution in [3.63, 3.8) is 0 Å². The van der Waals surface area contributed by atoms with Crippen LogP contribution in [0.1, 0.15) is 34.3 Å². The van der Waals surface area contributed by atoms with Gasteiger partial charge in [-0.05, 0) is 84.0 Å². The van der Waals surface area contributed by atoms with Gasteiger partial charge in [0.15, 0.2) is 0 Å². The molecular formula is C59H72BN7O13S. The summed E-state index contributed by atoms with van der Waals surface area (Å²) in [5.41, 5.74) is 8.39. The Balaban J connectivity index is 0.704. The number of benzene rings is 5. The second-order valence-corrected chi connectivity index (χ2v) is 18.7. The molecule has 0 fully saturated rings. The van der Waals surface area contributed by atoms with Crippen LogP contribution in [0.15, 0.2) is 148 Å². The van der Waals surface area contributed by atoms with E-state index in [1.54, 1.807) is 30.5 Å². The Morgan fingerprint density at radius 2 is 1.25 bits per heavy atom. The SMILES string of the molecule is Cn1cc(/C=N/OCCOCCOCCOCC(COCCOCCOCCOc2ccc(OBO)cc2)OCCOCCOCCN2Cc3ccccc3C3C(N=NN3c3ccc(N=C=S)cc3)c3ccccc32)c2ccccc21. The summed E-state index contributed by atoms with van der Waals surface area (Å²) in [6, 6.07) is 39.6. The molecule has 5 aromatic carbocycles. The highest BCUT2D eigenvalue weighted by atomic mass is 32.1. The molecule has 3 heterocycles. The standard InChI is InChI=1S/C59H72BN7O13S/c1-65-41-47(53-9-4-6-12-56(53)65)40-62-79-39-36-74-29-27-71-31-33-76-44-52(43-75-32-30-70-26-28-73-34-37-77-50-18-20-51(21-19-50)80-60-68)78-38-35-72-25-24-69-23-22-66-42-46-8-2-3-10-54(46)59-58(55-11-5-7-13-57(55)66)63-64-67(59)49-16-14-48(15-17-49)61-45-81/h2-21,40-41,52,58-60,68H,22-39,42-44H2,1H3/b62-40+. The number of anilines is 2. The van der Waals surface area contributed by atoms with E-state index in [4.69, 9.17) is 84.4 Å². The smallest absolute Gasteiger partial charge is 0.504 e. The summed E-state index contributed by atoms with van der Waals surface area (Å²) in [6.45, 7) is 8.79. The lowest BCUT2D eigenvalue weighted by Gasteiger charge is -2.35. The van der Waals surface area contributed by atoms with Crippen LogP contribution in [-0.2, 0) is 61.1 Å². The summed E-state index contributed by atoms with van der Waals surface area (Å²) < 4.78 is 65.6. The van der Waals surface area contributed by atoms with Crippen LogP contribution in [0.4, 0.5) is 17.1 Å². The molecule has 0 spiro atoms. The van der Waals surface area contributed by atoms with Crippen LogP contribution in [0.25, 0.3) is 10.9 Å². The first kappa shape index (κ1) is 60.5. The van der Waals surface area contributed by atoms with Crippen molar-refractivity contribution >= 4 is 59.2 Å². The molecule has 81 heavy (non-hydrogen) atoms. The molecule has 0 radical (unpaired) electrons. The topological polar surface area (TPSA) is 192 Å². The Morgan fingerprint density at radius 3 is 1.95 bits per heavy atom. The zero-order valence-corrected chi connectivity index (χ0v) is 46.7. The number of thiocarbonyl (C=S) groups is 1. The van der Waals surface area contributed by atoms with Crippen molar-refractivity contribution in [2.75, 3.05) is 142 Å². The molecule has 0 saturated heterocycles. The van der Waals surface area contributed by atoms with Gasteiger partial charge in [0.1, 0.15) is 42.9 Å². The van der Waals surface area contributed by atoms with Crippen molar-refractivity contribution in [1.82, 2.24) is 4.57 Å². The number of isothiocyanates is 1. The maximum Gasteiger partial charge on any atom is 0.504 e. The van der Waals surface area contributed by atoms with Gasteiger partial charge < -0.3 is 71.4 Å². The molecule has 1 aromatic heterocycles. The largest absolute Gasteiger partial charge is 0.539 e. The average Bonchev–Trinajstić information content (AvgIpc) is 4.33. The van der Waals surface area contributed by atoms with Crippen molar-refractivity contribution in [3.05, 3.63) is 150 Å². The maximum absolute atomic E-state index is 8.88. The molecule has 2 aliphatic rings. The number of aliphatic imine (C=N–C) groups is 1. The summed E-state index contributed by atoms with van der Waals surface area (Å²) in [7, 11) is 1.63. The van der Waals surface area contributed by atoms with Gasteiger partial charge in [0, 0.05) is 54.1 Å². The first-order valence-electron chi connectivity index (χ1n) is 27.3. The number of nitrogens with zero attached hydrogens (tertiary/aromatic N) is 7. The molecule has 0 aliphatic carbocycles. The lowest BCUT2D eigenvalue weighted by Crippen LogP contribution is -2.33. The normalized spacial score (nSPS) is 15.0. The first-order valence-corrected chi connectivity index (χ1v) is 27.7. The maximum atomic E-state index is 8.88. The highest BCUT2D eigenvalue weighted by Crippen LogP contribution is 2.49. The Morgan fingerprint density at radius 1 is 0.654 bits per heavy atom. The van der Waals surface area contributed by atoms with Gasteiger partial charge in [-0.1, -0.05) is 71.0 Å². The number of ether oxygens (including phenoxy) is 10. The third kappa shape index (κ3) is 19.2. The van der Waals surface area contributed by atoms with Crippen molar-refractivity contribution in [3.8, 4) is 11.5 Å². The Labute approximate surface area is 479 Å². The predicted octanol–water partition coefficient (Wildman–Crippen LogP) is 8.19. The van der Waals surface area contributed by atoms with E-state index in [0.29, 0.717) is 150 Å². The molecule has 0 saturated carbocycles. The minimum absolute atomic E-state index is 0.123. The van der Waals surface area contributed by atoms with Crippen LogP contribution in [0.3, 0.4) is 0 Å². The van der Waals surface area contributed by atoms with Crippen LogP contribution < -0.4 is 19.3 Å². The zero-order valence-electron chi connectivity index (χ0n) is 45.9. The molecule has 22 heteroatoms. The fraction of sp³-hybridized carbons (Fsp3) is 0.424. The zero-order chi connectivity index (χ0) is 55.9. The van der Waals surface area contributed by atoms with Crippen LogP contribution in [0.5, 0.6) is 11.5 Å². The average molecular weight is 1130 g/mol. The van der Waals surface area contributed by atoms with E-state index < -0.39 is 0 Å². The molecular weight excluding hydrogens is 1060 g/mol. The van der Waals surface area contributed by atoms with Gasteiger partial charge in [0.2, 0.25) is 0 Å². The summed E-state index contributed by atoms with van der Waals surface area (Å²) in [5, 5.41) is 28.2. The van der Waals surface area contributed by atoms with Gasteiger partial charge in [-0.25, -0.2) is 5.01 Å². The molecule has 0 bridgehead atoms. The van der Waals surface area contributed by atoms with Crippen LogP contribution in [-0.4, -0.2) is 167 Å². The van der Waals surface area contributed by atoms with E-state index in [1.807, 2.05) is 54.7 Å². The minimum Gasteiger partial charge on any atom is -0.539 e. The summed E-state index contributed by atoms with van der Waals surface area (Å²) in [6.07, 6.45) is 3.41. The molecule has 1 N–H and O–H groups in total. The fourth-order valence-electron chi connectivity index (χ4n) is 9.19. The summed E-state index contributed by atoms with van der Waals surface area (Å²) >= 11 is 4.81. The van der Waals surface area contributed by atoms with E-state index in [1.165, 1.54) is 11.1 Å². The number of oxime groups is 1. The predicted molar refractivity (Wildman–Crippen MR) is 313 cm³/mol. The highest BCUT2D eigenvalue weighted by Gasteiger charge is 2.40. The van der Waals surface area contributed by atoms with Crippen LogP contribution >= 0.6 is 12.2 Å². The van der Waals surface area contributed by atoms with Gasteiger partial charge in [-0.15, -0.1) is 0 Å². The van der Waals surface area contributed by atoms with Crippen molar-refractivity contribution in [2.24, 2.45) is 27.5 Å². The van der Waals surface area contributed by atoms with Crippen LogP contribution in [0.2, 0.25) is 0 Å². The molecule has 2 aliphatic heterocycles. The number of aryl methyl sites for hydroxylation is 1. The number of hydrogen-bond acceptors (Lipinski definition) is 20. The minimum atomic E-state index is -0.376. The van der Waals surface area contributed by atoms with Gasteiger partial charge in [0.05, 0.1) is 135 Å². The van der Waals surface area contributed by atoms with Crippen molar-refractivity contribution in [2.45, 2.75) is 24.7 Å². The molecule has 3 unspecified atom stereocenters. The lowest BCUT2D eigenvalue weighted by atomic mass is 9.87. The first-order chi connectivity index (χ1) is 40.1.